The van der Waals surface area contributed by atoms with E-state index in [4.69, 9.17) is 10.5 Å². The van der Waals surface area contributed by atoms with Crippen molar-refractivity contribution in [1.82, 2.24) is 5.32 Å². The molecule has 2 aromatic rings. The molecule has 0 heterocycles. The lowest BCUT2D eigenvalue weighted by atomic mass is 10.0. The molecule has 25 heavy (non-hydrogen) atoms. The van der Waals surface area contributed by atoms with Gasteiger partial charge in [0.1, 0.15) is 5.75 Å². The summed E-state index contributed by atoms with van der Waals surface area (Å²) in [6.07, 6.45) is 1.05. The maximum Gasteiger partial charge on any atom is 0.222 e. The van der Waals surface area contributed by atoms with Gasteiger partial charge in [-0.25, -0.2) is 0 Å². The van der Waals surface area contributed by atoms with Gasteiger partial charge >= 0.3 is 0 Å². The second-order valence-corrected chi connectivity index (χ2v) is 5.72. The zero-order chi connectivity index (χ0) is 17.4. The molecule has 0 aliphatic heterocycles. The van der Waals surface area contributed by atoms with Crippen LogP contribution < -0.4 is 15.8 Å². The van der Waals surface area contributed by atoms with E-state index in [-0.39, 0.29) is 36.8 Å². The second kappa shape index (κ2) is 10.7. The molecule has 2 aromatic carbocycles. The molecule has 3 N–H and O–H groups in total. The van der Waals surface area contributed by atoms with Crippen molar-refractivity contribution in [3.8, 4) is 5.75 Å². The van der Waals surface area contributed by atoms with E-state index < -0.39 is 0 Å². The Balaban J connectivity index is 0.00000312. The molecule has 0 radical (unpaired) electrons. The van der Waals surface area contributed by atoms with Gasteiger partial charge in [0.05, 0.1) is 12.6 Å². The highest BCUT2D eigenvalue weighted by molar-refractivity contribution is 5.85. The molecular weight excluding hydrogens is 336 g/mol. The molecular formula is C20H27ClN2O2. The first-order valence-electron chi connectivity index (χ1n) is 8.47. The summed E-state index contributed by atoms with van der Waals surface area (Å²) < 4.78 is 5.68. The van der Waals surface area contributed by atoms with Crippen LogP contribution in [0.25, 0.3) is 0 Å². The number of hydrogen-bond acceptors (Lipinski definition) is 3. The van der Waals surface area contributed by atoms with Gasteiger partial charge in [0.15, 0.2) is 0 Å². The Kier molecular flexibility index (Phi) is 9.03. The molecule has 2 rings (SSSR count). The second-order valence-electron chi connectivity index (χ2n) is 5.72. The number of para-hydroxylation sites is 1. The van der Waals surface area contributed by atoms with Gasteiger partial charge in [-0.05, 0) is 25.0 Å². The van der Waals surface area contributed by atoms with Gasteiger partial charge in [-0.15, -0.1) is 12.4 Å². The van der Waals surface area contributed by atoms with Crippen LogP contribution in [0.4, 0.5) is 0 Å². The Hall–Kier alpha value is -2.04. The quantitative estimate of drug-likeness (QED) is 0.740. The van der Waals surface area contributed by atoms with E-state index in [2.05, 4.69) is 5.32 Å². The lowest BCUT2D eigenvalue weighted by molar-refractivity contribution is -0.122. The van der Waals surface area contributed by atoms with Crippen molar-refractivity contribution in [2.24, 2.45) is 5.73 Å². The molecule has 0 saturated heterocycles. The van der Waals surface area contributed by atoms with Gasteiger partial charge in [-0.1, -0.05) is 55.5 Å². The molecule has 4 nitrogen and oxygen atoms in total. The fraction of sp³-hybridized carbons (Fsp3) is 0.350. The number of nitrogens with one attached hydrogen (secondary N) is 1. The van der Waals surface area contributed by atoms with Gasteiger partial charge in [-0.3, -0.25) is 4.79 Å². The normalized spacial score (nSPS) is 12.6. The molecule has 1 amide bonds. The maximum absolute atomic E-state index is 12.4. The maximum atomic E-state index is 12.4. The lowest BCUT2D eigenvalue weighted by Gasteiger charge is -2.21. The fourth-order valence-corrected chi connectivity index (χ4v) is 2.73. The molecule has 0 aromatic heterocycles. The largest absolute Gasteiger partial charge is 0.494 e. The number of hydrogen-bond donors (Lipinski definition) is 2. The standard InChI is InChI=1S/C20H26N2O2.ClH/c1-3-18(16-12-8-9-13-19(16)24-4-2)22-20(23)14-17(21)15-10-6-5-7-11-15;/h5-13,17-18H,3-4,14,21H2,1-2H3,(H,22,23);1H. The highest BCUT2D eigenvalue weighted by atomic mass is 35.5. The third kappa shape index (κ3) is 6.07. The van der Waals surface area contributed by atoms with Gasteiger partial charge in [0.2, 0.25) is 5.91 Å². The number of carbonyl (C=O) groups is 1. The van der Waals surface area contributed by atoms with Crippen molar-refractivity contribution in [2.45, 2.75) is 38.8 Å². The third-order valence-electron chi connectivity index (χ3n) is 3.97. The van der Waals surface area contributed by atoms with Crippen LogP contribution in [-0.4, -0.2) is 12.5 Å². The van der Waals surface area contributed by atoms with Crippen molar-refractivity contribution in [1.29, 1.82) is 0 Å². The van der Waals surface area contributed by atoms with E-state index in [1.165, 1.54) is 0 Å². The van der Waals surface area contributed by atoms with Crippen LogP contribution in [0.5, 0.6) is 5.75 Å². The predicted octanol–water partition coefficient (Wildman–Crippen LogP) is 4.16. The summed E-state index contributed by atoms with van der Waals surface area (Å²) in [4.78, 5) is 12.4. The zero-order valence-electron chi connectivity index (χ0n) is 14.8. The molecule has 0 bridgehead atoms. The third-order valence-corrected chi connectivity index (χ3v) is 3.97. The van der Waals surface area contributed by atoms with Crippen LogP contribution in [0, 0.1) is 0 Å². The molecule has 0 saturated carbocycles. The Morgan fingerprint density at radius 2 is 1.72 bits per heavy atom. The number of amides is 1. The number of nitrogens with two attached hydrogens (primary N) is 1. The van der Waals surface area contributed by atoms with Crippen LogP contribution in [0.2, 0.25) is 0 Å². The fourth-order valence-electron chi connectivity index (χ4n) is 2.73. The van der Waals surface area contributed by atoms with Gasteiger partial charge in [-0.2, -0.15) is 0 Å². The summed E-state index contributed by atoms with van der Waals surface area (Å²) in [5.41, 5.74) is 8.12. The summed E-state index contributed by atoms with van der Waals surface area (Å²) in [5.74, 6) is 0.768. The summed E-state index contributed by atoms with van der Waals surface area (Å²) in [7, 11) is 0. The number of rotatable bonds is 8. The Labute approximate surface area is 156 Å². The van der Waals surface area contributed by atoms with Crippen molar-refractivity contribution >= 4 is 18.3 Å². The smallest absolute Gasteiger partial charge is 0.222 e. The number of halogens is 1. The van der Waals surface area contributed by atoms with E-state index >= 15 is 0 Å². The Morgan fingerprint density at radius 1 is 1.08 bits per heavy atom. The highest BCUT2D eigenvalue weighted by Gasteiger charge is 2.18. The van der Waals surface area contributed by atoms with Crippen molar-refractivity contribution < 1.29 is 9.53 Å². The molecule has 0 aliphatic rings. The van der Waals surface area contributed by atoms with Gasteiger partial charge < -0.3 is 15.8 Å². The van der Waals surface area contributed by atoms with E-state index in [1.54, 1.807) is 0 Å². The van der Waals surface area contributed by atoms with E-state index in [1.807, 2.05) is 68.4 Å². The van der Waals surface area contributed by atoms with E-state index in [0.717, 1.165) is 23.3 Å². The SMILES string of the molecule is CCOc1ccccc1C(CC)NC(=O)CC(N)c1ccccc1.Cl. The molecule has 136 valence electrons. The van der Waals surface area contributed by atoms with E-state index in [0.29, 0.717) is 6.61 Å². The van der Waals surface area contributed by atoms with Crippen LogP contribution in [0.3, 0.4) is 0 Å². The zero-order valence-corrected chi connectivity index (χ0v) is 15.6. The molecule has 0 aliphatic carbocycles. The molecule has 2 unspecified atom stereocenters. The molecule has 2 atom stereocenters. The first-order chi connectivity index (χ1) is 11.7. The predicted molar refractivity (Wildman–Crippen MR) is 104 cm³/mol. The summed E-state index contributed by atoms with van der Waals surface area (Å²) in [6, 6.07) is 17.1. The van der Waals surface area contributed by atoms with Crippen molar-refractivity contribution in [3.63, 3.8) is 0 Å². The number of ether oxygens (including phenoxy) is 1. The monoisotopic (exact) mass is 362 g/mol. The minimum atomic E-state index is -0.300. The summed E-state index contributed by atoms with van der Waals surface area (Å²) in [6.45, 7) is 4.60. The topological polar surface area (TPSA) is 64.3 Å². The summed E-state index contributed by atoms with van der Waals surface area (Å²) >= 11 is 0. The lowest BCUT2D eigenvalue weighted by Crippen LogP contribution is -2.31. The molecule has 0 fully saturated rings. The van der Waals surface area contributed by atoms with Crippen LogP contribution in [0.1, 0.15) is 49.9 Å². The molecule has 0 spiro atoms. The number of carbonyl (C=O) groups excluding carboxylic acids is 1. The minimum Gasteiger partial charge on any atom is -0.494 e. The Bertz CT molecular complexity index is 649. The van der Waals surface area contributed by atoms with Crippen LogP contribution >= 0.6 is 12.4 Å². The Morgan fingerprint density at radius 3 is 2.36 bits per heavy atom. The first kappa shape index (κ1) is 21.0. The van der Waals surface area contributed by atoms with E-state index in [9.17, 15) is 4.79 Å². The molecule has 5 heteroatoms. The summed E-state index contributed by atoms with van der Waals surface area (Å²) in [5, 5.41) is 3.08. The highest BCUT2D eigenvalue weighted by Crippen LogP contribution is 2.27. The first-order valence-corrected chi connectivity index (χ1v) is 8.47. The number of benzene rings is 2. The van der Waals surface area contributed by atoms with Crippen LogP contribution in [0.15, 0.2) is 54.6 Å². The average molecular weight is 363 g/mol. The van der Waals surface area contributed by atoms with Gasteiger partial charge in [0, 0.05) is 18.0 Å². The van der Waals surface area contributed by atoms with Crippen LogP contribution in [-0.2, 0) is 4.79 Å². The minimum absolute atomic E-state index is 0. The van der Waals surface area contributed by atoms with Crippen molar-refractivity contribution in [2.75, 3.05) is 6.61 Å². The van der Waals surface area contributed by atoms with Crippen molar-refractivity contribution in [3.05, 3.63) is 65.7 Å². The van der Waals surface area contributed by atoms with Gasteiger partial charge in [0.25, 0.3) is 0 Å². The average Bonchev–Trinajstić information content (AvgIpc) is 2.61.